The van der Waals surface area contributed by atoms with Crippen molar-refractivity contribution in [2.45, 2.75) is 11.8 Å². The monoisotopic (exact) mass is 600 g/mol. The van der Waals surface area contributed by atoms with E-state index in [1.165, 1.54) is 42.7 Å². The van der Waals surface area contributed by atoms with Gasteiger partial charge in [-0.25, -0.2) is 0 Å². The second-order valence-corrected chi connectivity index (χ2v) is 10.3. The number of carbonyl (C=O) groups is 4. The van der Waals surface area contributed by atoms with Crippen LogP contribution in [0.2, 0.25) is 0 Å². The van der Waals surface area contributed by atoms with Gasteiger partial charge in [-0.3, -0.25) is 19.2 Å². The number of carbonyl (C=O) groups excluding carboxylic acids is 4. The van der Waals surface area contributed by atoms with Crippen molar-refractivity contribution in [2.24, 2.45) is 11.3 Å². The summed E-state index contributed by atoms with van der Waals surface area (Å²) >= 11 is 0. The molecule has 10 nitrogen and oxygen atoms in total. The fourth-order valence-corrected chi connectivity index (χ4v) is 6.77. The van der Waals surface area contributed by atoms with E-state index < -0.39 is 46.3 Å². The van der Waals surface area contributed by atoms with Gasteiger partial charge in [-0.2, -0.15) is 0 Å². The molecule has 0 fully saturated rings. The maximum atomic E-state index is 14.8. The van der Waals surface area contributed by atoms with Gasteiger partial charge >= 0.3 is 0 Å². The van der Waals surface area contributed by atoms with Gasteiger partial charge in [0.2, 0.25) is 46.2 Å². The van der Waals surface area contributed by atoms with Gasteiger partial charge in [0.25, 0.3) is 0 Å². The maximum absolute atomic E-state index is 14.8. The van der Waals surface area contributed by atoms with Gasteiger partial charge in [0.05, 0.1) is 48.6 Å². The number of Topliss-reactive ketones (excluding diaryl/α,β-unsaturated/α-hetero) is 4. The Hall–Kier alpha value is -5.12. The summed E-state index contributed by atoms with van der Waals surface area (Å²) in [6.45, 7) is 0. The normalized spacial score (nSPS) is 22.8. The molecule has 5 rings (SSSR count). The molecule has 3 atom stereocenters. The topological polar surface area (TPSA) is 124 Å². The third-order valence-electron chi connectivity index (χ3n) is 8.51. The van der Waals surface area contributed by atoms with E-state index in [2.05, 4.69) is 0 Å². The van der Waals surface area contributed by atoms with Crippen molar-refractivity contribution in [3.8, 4) is 0 Å². The first-order valence-electron chi connectivity index (χ1n) is 13.7. The van der Waals surface area contributed by atoms with Crippen LogP contribution in [0, 0.1) is 11.3 Å². The number of ketones is 4. The molecule has 0 amide bonds. The van der Waals surface area contributed by atoms with Crippen LogP contribution in [0.3, 0.4) is 0 Å². The Labute approximate surface area is 254 Å². The fourth-order valence-electron chi connectivity index (χ4n) is 6.77. The van der Waals surface area contributed by atoms with Crippen molar-refractivity contribution in [3.05, 3.63) is 118 Å². The van der Waals surface area contributed by atoms with Crippen LogP contribution < -0.4 is 0 Å². The maximum Gasteiger partial charge on any atom is 0.239 e. The quantitative estimate of drug-likeness (QED) is 0.181. The van der Waals surface area contributed by atoms with E-state index in [0.29, 0.717) is 11.1 Å². The standard InChI is InChI=1S/C34H32O10/c1-39-21-17-20(18-13-9-7-10-14-18)34(32(37)30(43-5)31(44-6)33(34)38)24(19-15-11-8-12-16-19)22(21)27(40-2)23-25(35)28(41-3)29(42-4)26(23)36/h7-17,20,22,24H,1-6H3/t20-,22+,24-/m0/s1. The molecule has 44 heavy (non-hydrogen) atoms. The van der Waals surface area contributed by atoms with Gasteiger partial charge < -0.3 is 28.4 Å². The smallest absolute Gasteiger partial charge is 0.239 e. The van der Waals surface area contributed by atoms with E-state index in [1.807, 2.05) is 18.2 Å². The van der Waals surface area contributed by atoms with Gasteiger partial charge in [0, 0.05) is 11.8 Å². The van der Waals surface area contributed by atoms with Gasteiger partial charge in [-0.1, -0.05) is 60.7 Å². The van der Waals surface area contributed by atoms with Crippen LogP contribution in [0.5, 0.6) is 0 Å². The highest BCUT2D eigenvalue weighted by Crippen LogP contribution is 2.63. The average Bonchev–Trinajstić information content (AvgIpc) is 3.43. The molecule has 3 aliphatic carbocycles. The van der Waals surface area contributed by atoms with E-state index in [0.717, 1.165) is 0 Å². The van der Waals surface area contributed by atoms with Crippen LogP contribution in [0.15, 0.2) is 107 Å². The lowest BCUT2D eigenvalue weighted by molar-refractivity contribution is -0.140. The summed E-state index contributed by atoms with van der Waals surface area (Å²) in [4.78, 5) is 56.8. The molecule has 0 aliphatic heterocycles. The summed E-state index contributed by atoms with van der Waals surface area (Å²) in [5.41, 5.74) is -1.05. The van der Waals surface area contributed by atoms with Gasteiger partial charge in [-0.05, 0) is 17.2 Å². The molecule has 0 heterocycles. The van der Waals surface area contributed by atoms with E-state index in [1.54, 1.807) is 48.5 Å². The van der Waals surface area contributed by atoms with Crippen molar-refractivity contribution < 1.29 is 47.6 Å². The number of rotatable bonds is 9. The molecule has 0 aromatic heterocycles. The first kappa shape index (κ1) is 30.3. The molecule has 0 N–H and O–H groups in total. The highest BCUT2D eigenvalue weighted by atomic mass is 16.5. The van der Waals surface area contributed by atoms with Crippen molar-refractivity contribution in [3.63, 3.8) is 0 Å². The molecule has 228 valence electrons. The van der Waals surface area contributed by atoms with Crippen molar-refractivity contribution in [1.82, 2.24) is 0 Å². The fraction of sp³-hybridized carbons (Fsp3) is 0.294. The van der Waals surface area contributed by atoms with Crippen LogP contribution in [-0.4, -0.2) is 65.8 Å². The summed E-state index contributed by atoms with van der Waals surface area (Å²) in [6.07, 6.45) is 1.67. The Balaban J connectivity index is 1.92. The molecule has 2 aromatic rings. The molecule has 0 saturated heterocycles. The van der Waals surface area contributed by atoms with Gasteiger partial charge in [-0.15, -0.1) is 0 Å². The third-order valence-corrected chi connectivity index (χ3v) is 8.51. The van der Waals surface area contributed by atoms with E-state index in [4.69, 9.17) is 28.4 Å². The number of benzene rings is 2. The van der Waals surface area contributed by atoms with Gasteiger partial charge in [0.1, 0.15) is 22.5 Å². The zero-order chi connectivity index (χ0) is 31.8. The molecule has 0 unspecified atom stereocenters. The third kappa shape index (κ3) is 4.16. The number of methoxy groups -OCH3 is 6. The SMILES string of the molecule is COC1=C[C@@H](c2ccccc2)C2(C(=O)C(OC)=C(OC)C2=O)[C@@H](c2ccccc2)[C@@H]1C(OC)=C1C(=O)C(OC)=C(OC)C1=O. The second-order valence-electron chi connectivity index (χ2n) is 10.3. The minimum atomic E-state index is -1.90. The van der Waals surface area contributed by atoms with Crippen LogP contribution in [0.1, 0.15) is 23.0 Å². The summed E-state index contributed by atoms with van der Waals surface area (Å²) in [7, 11) is 7.85. The van der Waals surface area contributed by atoms with Crippen molar-refractivity contribution in [2.75, 3.05) is 42.7 Å². The number of ether oxygens (including phenoxy) is 6. The molecular weight excluding hydrogens is 568 g/mol. The number of hydrogen-bond donors (Lipinski definition) is 0. The van der Waals surface area contributed by atoms with Crippen molar-refractivity contribution >= 4 is 23.1 Å². The number of allylic oxidation sites excluding steroid dienone is 5. The lowest BCUT2D eigenvalue weighted by Crippen LogP contribution is -2.52. The van der Waals surface area contributed by atoms with Crippen LogP contribution in [0.4, 0.5) is 0 Å². The summed E-state index contributed by atoms with van der Waals surface area (Å²) in [6, 6.07) is 18.0. The first-order valence-corrected chi connectivity index (χ1v) is 13.7. The lowest BCUT2D eigenvalue weighted by Gasteiger charge is -2.48. The largest absolute Gasteiger partial charge is 0.501 e. The summed E-state index contributed by atoms with van der Waals surface area (Å²) in [5.74, 6) is -6.67. The van der Waals surface area contributed by atoms with E-state index in [-0.39, 0.29) is 40.1 Å². The number of hydrogen-bond acceptors (Lipinski definition) is 10. The minimum Gasteiger partial charge on any atom is -0.501 e. The van der Waals surface area contributed by atoms with E-state index in [9.17, 15) is 19.2 Å². The molecule has 3 aliphatic rings. The Bertz CT molecular complexity index is 1590. The first-order chi connectivity index (χ1) is 21.3. The predicted molar refractivity (Wildman–Crippen MR) is 156 cm³/mol. The predicted octanol–water partition coefficient (Wildman–Crippen LogP) is 3.91. The molecule has 0 saturated carbocycles. The molecule has 1 spiro atoms. The van der Waals surface area contributed by atoms with Crippen LogP contribution in [-0.2, 0) is 47.6 Å². The van der Waals surface area contributed by atoms with Crippen molar-refractivity contribution in [1.29, 1.82) is 0 Å². The lowest BCUT2D eigenvalue weighted by atomic mass is 9.52. The summed E-state index contributed by atoms with van der Waals surface area (Å²) in [5, 5.41) is 0. The second kappa shape index (κ2) is 11.9. The van der Waals surface area contributed by atoms with Crippen LogP contribution in [0.25, 0.3) is 0 Å². The Kier molecular flexibility index (Phi) is 8.19. The molecular formula is C34H32O10. The molecule has 0 radical (unpaired) electrons. The highest BCUT2D eigenvalue weighted by molar-refractivity contribution is 6.37. The molecule has 2 aromatic carbocycles. The molecule has 10 heteroatoms. The average molecular weight is 601 g/mol. The zero-order valence-electron chi connectivity index (χ0n) is 25.2. The zero-order valence-corrected chi connectivity index (χ0v) is 25.2. The Morgan fingerprint density at radius 2 is 1.05 bits per heavy atom. The van der Waals surface area contributed by atoms with Crippen LogP contribution >= 0.6 is 0 Å². The van der Waals surface area contributed by atoms with Gasteiger partial charge in [0.15, 0.2) is 0 Å². The minimum absolute atomic E-state index is 0.111. The summed E-state index contributed by atoms with van der Waals surface area (Å²) < 4.78 is 33.3. The van der Waals surface area contributed by atoms with E-state index >= 15 is 0 Å². The Morgan fingerprint density at radius 1 is 0.591 bits per heavy atom. The Morgan fingerprint density at radius 3 is 1.45 bits per heavy atom. The highest BCUT2D eigenvalue weighted by Gasteiger charge is 2.69. The molecule has 0 bridgehead atoms.